The van der Waals surface area contributed by atoms with E-state index in [-0.39, 0.29) is 16.8 Å². The van der Waals surface area contributed by atoms with Crippen LogP contribution in [0.25, 0.3) is 16.2 Å². The van der Waals surface area contributed by atoms with Crippen molar-refractivity contribution in [1.29, 1.82) is 0 Å². The van der Waals surface area contributed by atoms with Crippen LogP contribution >= 0.6 is 11.3 Å². The monoisotopic (exact) mass is 529 g/mol. The van der Waals surface area contributed by atoms with Gasteiger partial charge in [0.1, 0.15) is 0 Å². The zero-order valence-corrected chi connectivity index (χ0v) is 21.0. The van der Waals surface area contributed by atoms with Crippen LogP contribution in [0, 0.1) is 12.1 Å². The average molecular weight is 530 g/mol. The lowest BCUT2D eigenvalue weighted by molar-refractivity contribution is -0.629. The van der Waals surface area contributed by atoms with Crippen molar-refractivity contribution >= 4 is 28.6 Å². The van der Waals surface area contributed by atoms with E-state index < -0.39 is 17.8 Å². The molecular formula is C26H26F3N5O2S. The van der Waals surface area contributed by atoms with E-state index in [9.17, 15) is 23.2 Å². The largest absolute Gasteiger partial charge is 0.618 e. The Kier molecular flexibility index (Phi) is 6.80. The first-order valence-corrected chi connectivity index (χ1v) is 12.9. The number of carbonyl (C=O) groups excluding carboxylic acids is 1. The maximum Gasteiger partial charge on any atom is 0.478 e. The van der Waals surface area contributed by atoms with Gasteiger partial charge in [-0.2, -0.15) is 17.9 Å². The number of fused-ring (bicyclic) bond motifs is 1. The molecule has 7 nitrogen and oxygen atoms in total. The van der Waals surface area contributed by atoms with E-state index in [2.05, 4.69) is 15.6 Å². The number of rotatable bonds is 6. The molecule has 2 N–H and O–H groups in total. The van der Waals surface area contributed by atoms with E-state index in [1.54, 1.807) is 29.8 Å². The van der Waals surface area contributed by atoms with Gasteiger partial charge in [0, 0.05) is 35.3 Å². The van der Waals surface area contributed by atoms with Gasteiger partial charge in [0.2, 0.25) is 0 Å². The first-order chi connectivity index (χ1) is 17.7. The minimum atomic E-state index is -4.75. The van der Waals surface area contributed by atoms with Crippen molar-refractivity contribution in [1.82, 2.24) is 14.7 Å². The minimum Gasteiger partial charge on any atom is -0.618 e. The number of thiophene rings is 1. The molecule has 0 atom stereocenters. The lowest BCUT2D eigenvalue weighted by Gasteiger charge is -2.24. The summed E-state index contributed by atoms with van der Waals surface area (Å²) in [6.07, 6.45) is 5.20. The molecule has 1 aliphatic rings. The van der Waals surface area contributed by atoms with E-state index in [0.29, 0.717) is 17.7 Å². The molecule has 0 aromatic carbocycles. The molecule has 11 heteroatoms. The number of carbonyl (C=O) groups is 1. The summed E-state index contributed by atoms with van der Waals surface area (Å²) >= 11 is 1.63. The number of pyridine rings is 2. The fourth-order valence-corrected chi connectivity index (χ4v) is 5.54. The quantitative estimate of drug-likeness (QED) is 0.248. The van der Waals surface area contributed by atoms with Gasteiger partial charge in [0.15, 0.2) is 11.8 Å². The molecule has 0 bridgehead atoms. The predicted molar refractivity (Wildman–Crippen MR) is 135 cm³/mol. The van der Waals surface area contributed by atoms with Gasteiger partial charge in [-0.15, -0.1) is 11.3 Å². The number of hydrogen-bond donors (Lipinski definition) is 2. The van der Waals surface area contributed by atoms with Gasteiger partial charge in [0.05, 0.1) is 28.0 Å². The third-order valence-electron chi connectivity index (χ3n) is 6.54. The van der Waals surface area contributed by atoms with Crippen molar-refractivity contribution in [3.8, 4) is 10.6 Å². The van der Waals surface area contributed by atoms with Crippen molar-refractivity contribution in [2.45, 2.75) is 57.8 Å². The maximum absolute atomic E-state index is 13.2. The molecule has 0 spiro atoms. The second-order valence-electron chi connectivity index (χ2n) is 9.30. The number of nitrogens with zero attached hydrogens (tertiary/aromatic N) is 3. The Hall–Kier alpha value is -3.60. The molecule has 1 saturated carbocycles. The number of aryl methyl sites for hydroxylation is 1. The molecule has 4 aromatic rings. The van der Waals surface area contributed by atoms with Crippen molar-refractivity contribution < 1.29 is 22.7 Å². The van der Waals surface area contributed by atoms with E-state index in [1.807, 2.05) is 23.5 Å². The summed E-state index contributed by atoms with van der Waals surface area (Å²) in [6.45, 7) is 1.93. The van der Waals surface area contributed by atoms with Crippen LogP contribution in [-0.2, 0) is 12.7 Å². The lowest BCUT2D eigenvalue weighted by atomic mass is 9.95. The summed E-state index contributed by atoms with van der Waals surface area (Å²) in [7, 11) is 0. The van der Waals surface area contributed by atoms with Crippen LogP contribution in [0.3, 0.4) is 0 Å². The molecule has 0 unspecified atom stereocenters. The van der Waals surface area contributed by atoms with Crippen LogP contribution in [0.1, 0.15) is 58.6 Å². The molecule has 1 aliphatic carbocycles. The van der Waals surface area contributed by atoms with E-state index in [4.69, 9.17) is 0 Å². The molecule has 1 amide bonds. The molecule has 5 rings (SSSR count). The molecule has 1 fully saturated rings. The molecule has 0 aliphatic heterocycles. The Morgan fingerprint density at radius 2 is 2.00 bits per heavy atom. The summed E-state index contributed by atoms with van der Waals surface area (Å²) in [5.74, 6) is -0.409. The SMILES string of the molecule is Cc1ccc(-c2cnc3c(NC4CCCCC4)cc(C(=O)NCc4ccc(C(F)(F)F)[n+]([O-])c4)cn23)s1. The summed E-state index contributed by atoms with van der Waals surface area (Å²) in [5, 5.41) is 18.1. The highest BCUT2D eigenvalue weighted by Gasteiger charge is 2.39. The summed E-state index contributed by atoms with van der Waals surface area (Å²) in [4.78, 5) is 20.0. The summed E-state index contributed by atoms with van der Waals surface area (Å²) < 4.78 is 40.3. The first-order valence-electron chi connectivity index (χ1n) is 12.1. The number of amides is 1. The highest BCUT2D eigenvalue weighted by molar-refractivity contribution is 7.15. The lowest BCUT2D eigenvalue weighted by Crippen LogP contribution is -2.37. The molecule has 4 aromatic heterocycles. The first kappa shape index (κ1) is 25.1. The Morgan fingerprint density at radius 1 is 1.22 bits per heavy atom. The van der Waals surface area contributed by atoms with Crippen LogP contribution < -0.4 is 15.4 Å². The Balaban J connectivity index is 1.44. The number of anilines is 1. The van der Waals surface area contributed by atoms with Gasteiger partial charge in [-0.3, -0.25) is 9.20 Å². The third kappa shape index (κ3) is 5.41. The maximum atomic E-state index is 13.2. The van der Waals surface area contributed by atoms with Gasteiger partial charge in [-0.25, -0.2) is 4.98 Å². The molecule has 194 valence electrons. The normalized spacial score (nSPS) is 14.7. The fraction of sp³-hybridized carbons (Fsp3) is 0.346. The number of halogens is 3. The molecule has 0 saturated heterocycles. The Labute approximate surface area is 215 Å². The average Bonchev–Trinajstić information content (AvgIpc) is 3.48. The molecule has 4 heterocycles. The number of nitrogens with one attached hydrogen (secondary N) is 2. The number of imidazole rings is 1. The molecule has 0 radical (unpaired) electrons. The Bertz CT molecular complexity index is 1440. The van der Waals surface area contributed by atoms with Gasteiger partial charge in [0.25, 0.3) is 11.6 Å². The van der Waals surface area contributed by atoms with Crippen LogP contribution in [0.15, 0.2) is 48.9 Å². The highest BCUT2D eigenvalue weighted by atomic mass is 32.1. The fourth-order valence-electron chi connectivity index (χ4n) is 4.67. The van der Waals surface area contributed by atoms with Gasteiger partial charge in [-0.1, -0.05) is 19.3 Å². The summed E-state index contributed by atoms with van der Waals surface area (Å²) in [6, 6.07) is 8.00. The van der Waals surface area contributed by atoms with Crippen LogP contribution in [0.2, 0.25) is 0 Å². The number of aromatic nitrogens is 3. The zero-order valence-electron chi connectivity index (χ0n) is 20.1. The smallest absolute Gasteiger partial charge is 0.478 e. The number of alkyl halides is 3. The van der Waals surface area contributed by atoms with Crippen LogP contribution in [0.4, 0.5) is 18.9 Å². The van der Waals surface area contributed by atoms with Gasteiger partial charge >= 0.3 is 6.18 Å². The van der Waals surface area contributed by atoms with E-state index in [0.717, 1.165) is 58.7 Å². The highest BCUT2D eigenvalue weighted by Crippen LogP contribution is 2.32. The molecule has 37 heavy (non-hydrogen) atoms. The summed E-state index contributed by atoms with van der Waals surface area (Å²) in [5.41, 5.74) is 1.67. The van der Waals surface area contributed by atoms with Gasteiger partial charge in [-0.05, 0) is 44.0 Å². The molecular weight excluding hydrogens is 503 g/mol. The number of hydrogen-bond acceptors (Lipinski definition) is 5. The third-order valence-corrected chi connectivity index (χ3v) is 7.57. The van der Waals surface area contributed by atoms with Crippen molar-refractivity contribution in [2.75, 3.05) is 5.32 Å². The Morgan fingerprint density at radius 3 is 2.68 bits per heavy atom. The van der Waals surface area contributed by atoms with E-state index in [1.165, 1.54) is 12.5 Å². The van der Waals surface area contributed by atoms with Crippen LogP contribution in [0.5, 0.6) is 0 Å². The van der Waals surface area contributed by atoms with Crippen molar-refractivity contribution in [3.63, 3.8) is 0 Å². The van der Waals surface area contributed by atoms with Gasteiger partial charge < -0.3 is 15.8 Å². The second-order valence-corrected chi connectivity index (χ2v) is 10.6. The second kappa shape index (κ2) is 10.0. The zero-order chi connectivity index (χ0) is 26.2. The van der Waals surface area contributed by atoms with Crippen LogP contribution in [-0.4, -0.2) is 21.3 Å². The minimum absolute atomic E-state index is 0.0937. The van der Waals surface area contributed by atoms with Crippen molar-refractivity contribution in [2.24, 2.45) is 0 Å². The van der Waals surface area contributed by atoms with E-state index >= 15 is 0 Å². The standard InChI is InChI=1S/C26H26F3N5O2S/c1-16-7-9-22(37-16)21-13-30-24-20(32-19-5-3-2-4-6-19)11-18(15-33(21)24)25(35)31-12-17-8-10-23(26(27,28)29)34(36)14-17/h7-11,13-15,19,32H,2-6,12H2,1H3,(H,31,35). The predicted octanol–water partition coefficient (Wildman–Crippen LogP) is 5.70. The van der Waals surface area contributed by atoms with Crippen molar-refractivity contribution in [3.05, 3.63) is 75.8 Å². The topological polar surface area (TPSA) is 85.4 Å².